The Kier molecular flexibility index (Phi) is 5.66. The zero-order valence-electron chi connectivity index (χ0n) is 12.4. The molecule has 112 valence electrons. The summed E-state index contributed by atoms with van der Waals surface area (Å²) in [6, 6.07) is 0. The predicted octanol–water partition coefficient (Wildman–Crippen LogP) is 1.62. The van der Waals surface area contributed by atoms with Crippen molar-refractivity contribution in [1.29, 1.82) is 0 Å². The molecule has 1 amide bonds. The molecule has 1 heterocycles. The van der Waals surface area contributed by atoms with Gasteiger partial charge < -0.3 is 16.0 Å². The first kappa shape index (κ1) is 16.1. The summed E-state index contributed by atoms with van der Waals surface area (Å²) in [6.07, 6.45) is 2.04. The van der Waals surface area contributed by atoms with E-state index in [0.717, 1.165) is 19.2 Å². The van der Waals surface area contributed by atoms with E-state index >= 15 is 0 Å². The minimum absolute atomic E-state index is 0.0931. The Balaban J connectivity index is 2.74. The molecular formula is C13H22FN5O. The topological polar surface area (TPSA) is 78.9 Å². The third-order valence-electron chi connectivity index (χ3n) is 2.82. The van der Waals surface area contributed by atoms with Gasteiger partial charge in [-0.2, -0.15) is 4.98 Å². The van der Waals surface area contributed by atoms with Crippen LogP contribution in [0.3, 0.4) is 0 Å². The third kappa shape index (κ3) is 4.32. The van der Waals surface area contributed by atoms with E-state index in [-0.39, 0.29) is 18.3 Å². The van der Waals surface area contributed by atoms with Gasteiger partial charge in [-0.3, -0.25) is 4.79 Å². The number of hydrogen-bond donors (Lipinski definition) is 3. The summed E-state index contributed by atoms with van der Waals surface area (Å²) in [7, 11) is 1.57. The van der Waals surface area contributed by atoms with E-state index in [4.69, 9.17) is 0 Å². The number of carbonyl (C=O) groups excluding carboxylic acids is 1. The molecule has 0 unspecified atom stereocenters. The van der Waals surface area contributed by atoms with E-state index in [2.05, 4.69) is 25.9 Å². The van der Waals surface area contributed by atoms with Gasteiger partial charge in [-0.25, -0.2) is 9.37 Å². The van der Waals surface area contributed by atoms with Crippen molar-refractivity contribution in [1.82, 2.24) is 15.3 Å². The maximum Gasteiger partial charge on any atom is 0.227 e. The number of amides is 1. The van der Waals surface area contributed by atoms with Crippen molar-refractivity contribution in [2.24, 2.45) is 5.41 Å². The number of nitrogens with one attached hydrogen (secondary N) is 3. The Morgan fingerprint density at radius 2 is 2.10 bits per heavy atom. The van der Waals surface area contributed by atoms with Gasteiger partial charge in [0.05, 0.1) is 11.6 Å². The molecule has 6 nitrogen and oxygen atoms in total. The standard InChI is InChI=1S/C13H22FN5O/c1-5-6-16-12-17-7-9(14)10(19-12)18-8-13(2,3)11(20)15-4/h7H,5-6,8H2,1-4H3,(H,15,20)(H2,16,17,18,19). The number of aromatic nitrogens is 2. The van der Waals surface area contributed by atoms with Crippen molar-refractivity contribution in [3.63, 3.8) is 0 Å². The highest BCUT2D eigenvalue weighted by Crippen LogP contribution is 2.18. The minimum Gasteiger partial charge on any atom is -0.366 e. The highest BCUT2D eigenvalue weighted by Gasteiger charge is 2.26. The Morgan fingerprint density at radius 1 is 1.40 bits per heavy atom. The molecule has 0 fully saturated rings. The highest BCUT2D eigenvalue weighted by atomic mass is 19.1. The molecule has 0 spiro atoms. The number of anilines is 2. The Bertz CT molecular complexity index is 464. The quantitative estimate of drug-likeness (QED) is 0.708. The van der Waals surface area contributed by atoms with E-state index in [9.17, 15) is 9.18 Å². The normalized spacial score (nSPS) is 11.1. The van der Waals surface area contributed by atoms with Gasteiger partial charge in [0.2, 0.25) is 11.9 Å². The average molecular weight is 283 g/mol. The van der Waals surface area contributed by atoms with E-state index in [1.165, 1.54) is 0 Å². The van der Waals surface area contributed by atoms with Crippen LogP contribution in [0, 0.1) is 11.2 Å². The second kappa shape index (κ2) is 7.02. The number of halogens is 1. The second-order valence-electron chi connectivity index (χ2n) is 5.13. The summed E-state index contributed by atoms with van der Waals surface area (Å²) in [4.78, 5) is 19.6. The molecule has 0 saturated heterocycles. The summed E-state index contributed by atoms with van der Waals surface area (Å²) >= 11 is 0. The third-order valence-corrected chi connectivity index (χ3v) is 2.82. The first-order chi connectivity index (χ1) is 9.40. The molecule has 3 N–H and O–H groups in total. The summed E-state index contributed by atoms with van der Waals surface area (Å²) in [5.41, 5.74) is -0.664. The number of carbonyl (C=O) groups is 1. The van der Waals surface area contributed by atoms with E-state index in [1.54, 1.807) is 20.9 Å². The highest BCUT2D eigenvalue weighted by molar-refractivity contribution is 5.82. The molecule has 20 heavy (non-hydrogen) atoms. The molecule has 1 aromatic heterocycles. The lowest BCUT2D eigenvalue weighted by Crippen LogP contribution is -2.39. The molecule has 1 aromatic rings. The van der Waals surface area contributed by atoms with Crippen LogP contribution in [0.2, 0.25) is 0 Å². The van der Waals surface area contributed by atoms with Gasteiger partial charge in [-0.15, -0.1) is 0 Å². The van der Waals surface area contributed by atoms with Crippen LogP contribution in [0.15, 0.2) is 6.20 Å². The van der Waals surface area contributed by atoms with Crippen LogP contribution < -0.4 is 16.0 Å². The molecule has 0 aliphatic heterocycles. The molecule has 0 bridgehead atoms. The lowest BCUT2D eigenvalue weighted by molar-refractivity contribution is -0.128. The van der Waals surface area contributed by atoms with Crippen LogP contribution in [0.25, 0.3) is 0 Å². The zero-order valence-corrected chi connectivity index (χ0v) is 12.4. The van der Waals surface area contributed by atoms with E-state index in [0.29, 0.717) is 5.95 Å². The fourth-order valence-corrected chi connectivity index (χ4v) is 1.54. The lowest BCUT2D eigenvalue weighted by atomic mass is 9.92. The molecule has 0 aromatic carbocycles. The fourth-order valence-electron chi connectivity index (χ4n) is 1.54. The SMILES string of the molecule is CCCNc1ncc(F)c(NCC(C)(C)C(=O)NC)n1. The van der Waals surface area contributed by atoms with Gasteiger partial charge in [0.15, 0.2) is 11.6 Å². The summed E-state index contributed by atoms with van der Waals surface area (Å²) < 4.78 is 13.6. The Hall–Kier alpha value is -1.92. The molecule has 0 aliphatic rings. The predicted molar refractivity (Wildman–Crippen MR) is 77.1 cm³/mol. The summed E-state index contributed by atoms with van der Waals surface area (Å²) in [5.74, 6) is -0.201. The van der Waals surface area contributed by atoms with Gasteiger partial charge in [-0.05, 0) is 20.3 Å². The maximum absolute atomic E-state index is 13.6. The van der Waals surface area contributed by atoms with Gasteiger partial charge >= 0.3 is 0 Å². The molecule has 7 heteroatoms. The molecule has 0 atom stereocenters. The zero-order chi connectivity index (χ0) is 15.2. The first-order valence-electron chi connectivity index (χ1n) is 6.63. The largest absolute Gasteiger partial charge is 0.366 e. The van der Waals surface area contributed by atoms with Crippen molar-refractivity contribution < 1.29 is 9.18 Å². The Labute approximate surface area is 118 Å². The van der Waals surface area contributed by atoms with Gasteiger partial charge in [0.25, 0.3) is 0 Å². The smallest absolute Gasteiger partial charge is 0.227 e. The molecular weight excluding hydrogens is 261 g/mol. The van der Waals surface area contributed by atoms with Crippen molar-refractivity contribution >= 4 is 17.7 Å². The summed E-state index contributed by atoms with van der Waals surface area (Å²) in [6.45, 7) is 6.55. The minimum atomic E-state index is -0.664. The summed E-state index contributed by atoms with van der Waals surface area (Å²) in [5, 5.41) is 8.42. The maximum atomic E-state index is 13.6. The lowest BCUT2D eigenvalue weighted by Gasteiger charge is -2.23. The van der Waals surface area contributed by atoms with Crippen LogP contribution in [-0.2, 0) is 4.79 Å². The first-order valence-corrected chi connectivity index (χ1v) is 6.63. The van der Waals surface area contributed by atoms with Crippen LogP contribution >= 0.6 is 0 Å². The van der Waals surface area contributed by atoms with Crippen LogP contribution in [-0.4, -0.2) is 36.0 Å². The van der Waals surface area contributed by atoms with Crippen LogP contribution in [0.4, 0.5) is 16.2 Å². The molecule has 0 aliphatic carbocycles. The molecule has 0 saturated carbocycles. The molecule has 1 rings (SSSR count). The second-order valence-corrected chi connectivity index (χ2v) is 5.13. The van der Waals surface area contributed by atoms with Gasteiger partial charge in [-0.1, -0.05) is 6.92 Å². The van der Waals surface area contributed by atoms with E-state index in [1.807, 2.05) is 6.92 Å². The van der Waals surface area contributed by atoms with Crippen molar-refractivity contribution in [3.8, 4) is 0 Å². The van der Waals surface area contributed by atoms with Crippen molar-refractivity contribution in [2.75, 3.05) is 30.8 Å². The number of hydrogen-bond acceptors (Lipinski definition) is 5. The monoisotopic (exact) mass is 283 g/mol. The number of rotatable bonds is 7. The van der Waals surface area contributed by atoms with Crippen LogP contribution in [0.5, 0.6) is 0 Å². The van der Waals surface area contributed by atoms with Crippen molar-refractivity contribution in [3.05, 3.63) is 12.0 Å². The van der Waals surface area contributed by atoms with E-state index < -0.39 is 11.2 Å². The fraction of sp³-hybridized carbons (Fsp3) is 0.615. The van der Waals surface area contributed by atoms with Crippen molar-refractivity contribution in [2.45, 2.75) is 27.2 Å². The van der Waals surface area contributed by atoms with Crippen LogP contribution in [0.1, 0.15) is 27.2 Å². The Morgan fingerprint density at radius 3 is 2.70 bits per heavy atom. The average Bonchev–Trinajstić information content (AvgIpc) is 2.44. The van der Waals surface area contributed by atoms with Gasteiger partial charge in [0.1, 0.15) is 0 Å². The number of nitrogens with zero attached hydrogens (tertiary/aromatic N) is 2. The van der Waals surface area contributed by atoms with Gasteiger partial charge in [0, 0.05) is 20.1 Å². The molecule has 0 radical (unpaired) electrons.